The van der Waals surface area contributed by atoms with E-state index in [1.807, 2.05) is 0 Å². The Kier molecular flexibility index (Phi) is 11.5. The third-order valence-corrected chi connectivity index (χ3v) is 4.62. The van der Waals surface area contributed by atoms with Gasteiger partial charge in [-0.05, 0) is 67.8 Å². The van der Waals surface area contributed by atoms with E-state index in [0.717, 1.165) is 0 Å². The SMILES string of the molecule is C=CCOC(=O)/C=C/c1ccc(OC(=O)c2ccc(OCCCCOC(=O)C(=C)C)cc2)c(OC)c1. The molecule has 8 heteroatoms. The van der Waals surface area contributed by atoms with Gasteiger partial charge in [0.25, 0.3) is 0 Å². The van der Waals surface area contributed by atoms with E-state index in [2.05, 4.69) is 13.2 Å². The highest BCUT2D eigenvalue weighted by atomic mass is 16.6. The van der Waals surface area contributed by atoms with Gasteiger partial charge >= 0.3 is 17.9 Å². The molecule has 0 heterocycles. The van der Waals surface area contributed by atoms with Gasteiger partial charge in [0, 0.05) is 11.6 Å². The van der Waals surface area contributed by atoms with Crippen LogP contribution >= 0.6 is 0 Å². The molecular formula is C28H30O8. The van der Waals surface area contributed by atoms with E-state index in [1.54, 1.807) is 55.5 Å². The maximum absolute atomic E-state index is 12.6. The smallest absolute Gasteiger partial charge is 0.343 e. The molecule has 190 valence electrons. The normalized spacial score (nSPS) is 10.4. The van der Waals surface area contributed by atoms with E-state index < -0.39 is 17.9 Å². The van der Waals surface area contributed by atoms with Crippen LogP contribution in [0.3, 0.4) is 0 Å². The second kappa shape index (κ2) is 14.8. The Labute approximate surface area is 210 Å². The third kappa shape index (κ3) is 9.50. The average molecular weight is 495 g/mol. The van der Waals surface area contributed by atoms with Crippen molar-refractivity contribution in [2.75, 3.05) is 26.9 Å². The van der Waals surface area contributed by atoms with Crippen molar-refractivity contribution in [2.45, 2.75) is 19.8 Å². The number of carbonyl (C=O) groups is 3. The molecule has 0 spiro atoms. The lowest BCUT2D eigenvalue weighted by Gasteiger charge is -2.11. The summed E-state index contributed by atoms with van der Waals surface area (Å²) in [5.74, 6) is -0.284. The highest BCUT2D eigenvalue weighted by molar-refractivity contribution is 5.91. The first-order chi connectivity index (χ1) is 17.3. The van der Waals surface area contributed by atoms with Crippen LogP contribution in [0.5, 0.6) is 17.2 Å². The number of rotatable bonds is 14. The maximum Gasteiger partial charge on any atom is 0.343 e. The summed E-state index contributed by atoms with van der Waals surface area (Å²) in [6.07, 6.45) is 5.69. The molecule has 0 atom stereocenters. The Bertz CT molecular complexity index is 1100. The molecule has 0 radical (unpaired) electrons. The van der Waals surface area contributed by atoms with Crippen LogP contribution in [-0.2, 0) is 19.1 Å². The first kappa shape index (κ1) is 27.9. The van der Waals surface area contributed by atoms with Crippen LogP contribution in [0.2, 0.25) is 0 Å². The molecule has 0 aromatic heterocycles. The molecule has 0 aliphatic heterocycles. The van der Waals surface area contributed by atoms with Gasteiger partial charge in [0.15, 0.2) is 11.5 Å². The summed E-state index contributed by atoms with van der Waals surface area (Å²) in [5.41, 5.74) is 1.37. The first-order valence-corrected chi connectivity index (χ1v) is 11.3. The number of hydrogen-bond donors (Lipinski definition) is 0. The Morgan fingerprint density at radius 1 is 0.944 bits per heavy atom. The number of ether oxygens (including phenoxy) is 5. The van der Waals surface area contributed by atoms with Crippen molar-refractivity contribution in [3.05, 3.63) is 84.5 Å². The third-order valence-electron chi connectivity index (χ3n) is 4.62. The topological polar surface area (TPSA) is 97.4 Å². The molecular weight excluding hydrogens is 464 g/mol. The van der Waals surface area contributed by atoms with Gasteiger partial charge in [-0.3, -0.25) is 0 Å². The minimum absolute atomic E-state index is 0.128. The Morgan fingerprint density at radius 2 is 1.67 bits per heavy atom. The fourth-order valence-electron chi connectivity index (χ4n) is 2.75. The minimum atomic E-state index is -0.560. The fraction of sp³-hybridized carbons (Fsp3) is 0.250. The molecule has 0 saturated carbocycles. The van der Waals surface area contributed by atoms with Gasteiger partial charge in [0.05, 0.1) is 25.9 Å². The monoisotopic (exact) mass is 494 g/mol. The van der Waals surface area contributed by atoms with Gasteiger partial charge in [-0.15, -0.1) is 0 Å². The summed E-state index contributed by atoms with van der Waals surface area (Å²) in [6.45, 7) is 9.49. The highest BCUT2D eigenvalue weighted by Gasteiger charge is 2.13. The summed E-state index contributed by atoms with van der Waals surface area (Å²) in [4.78, 5) is 35.5. The molecule has 2 rings (SSSR count). The molecule has 0 aliphatic carbocycles. The zero-order chi connectivity index (χ0) is 26.3. The summed E-state index contributed by atoms with van der Waals surface area (Å²) in [7, 11) is 1.45. The van der Waals surface area contributed by atoms with Crippen molar-refractivity contribution < 1.29 is 38.1 Å². The summed E-state index contributed by atoms with van der Waals surface area (Å²) >= 11 is 0. The zero-order valence-electron chi connectivity index (χ0n) is 20.5. The van der Waals surface area contributed by atoms with Crippen molar-refractivity contribution >= 4 is 24.0 Å². The van der Waals surface area contributed by atoms with Gasteiger partial charge in [-0.1, -0.05) is 25.3 Å². The van der Waals surface area contributed by atoms with Crippen LogP contribution < -0.4 is 14.2 Å². The van der Waals surface area contributed by atoms with E-state index in [0.29, 0.717) is 54.3 Å². The Balaban J connectivity index is 1.86. The summed E-state index contributed by atoms with van der Waals surface area (Å²) < 4.78 is 26.4. The van der Waals surface area contributed by atoms with E-state index in [4.69, 9.17) is 23.7 Å². The first-order valence-electron chi connectivity index (χ1n) is 11.3. The van der Waals surface area contributed by atoms with Crippen LogP contribution in [0.15, 0.2) is 73.3 Å². The minimum Gasteiger partial charge on any atom is -0.494 e. The summed E-state index contributed by atoms with van der Waals surface area (Å²) in [5, 5.41) is 0. The van der Waals surface area contributed by atoms with Crippen LogP contribution in [0.25, 0.3) is 6.08 Å². The quantitative estimate of drug-likeness (QED) is 0.120. The van der Waals surface area contributed by atoms with Crippen molar-refractivity contribution in [3.8, 4) is 17.2 Å². The maximum atomic E-state index is 12.6. The molecule has 2 aromatic carbocycles. The van der Waals surface area contributed by atoms with Crippen LogP contribution in [-0.4, -0.2) is 44.8 Å². The average Bonchev–Trinajstić information content (AvgIpc) is 2.88. The molecule has 0 amide bonds. The lowest BCUT2D eigenvalue weighted by molar-refractivity contribution is -0.139. The lowest BCUT2D eigenvalue weighted by atomic mass is 10.2. The molecule has 36 heavy (non-hydrogen) atoms. The molecule has 0 unspecified atom stereocenters. The number of esters is 3. The van der Waals surface area contributed by atoms with Crippen LogP contribution in [0.1, 0.15) is 35.7 Å². The van der Waals surface area contributed by atoms with E-state index >= 15 is 0 Å². The van der Waals surface area contributed by atoms with Crippen molar-refractivity contribution in [1.29, 1.82) is 0 Å². The predicted octanol–water partition coefficient (Wildman–Crippen LogP) is 4.94. The molecule has 2 aromatic rings. The van der Waals surface area contributed by atoms with Crippen molar-refractivity contribution in [2.24, 2.45) is 0 Å². The second-order valence-corrected chi connectivity index (χ2v) is 7.55. The largest absolute Gasteiger partial charge is 0.494 e. The standard InChI is InChI=1S/C28H30O8/c1-5-16-34-26(29)15-9-21-8-14-24(25(19-21)32-4)36-28(31)22-10-12-23(13-11-22)33-17-6-7-18-35-27(30)20(2)3/h5,8-15,19H,1-2,6-7,16-18H2,3-4H3/b15-9+. The predicted molar refractivity (Wildman–Crippen MR) is 135 cm³/mol. The van der Waals surface area contributed by atoms with Crippen molar-refractivity contribution in [3.63, 3.8) is 0 Å². The van der Waals surface area contributed by atoms with Gasteiger partial charge < -0.3 is 23.7 Å². The lowest BCUT2D eigenvalue weighted by Crippen LogP contribution is -2.09. The molecule has 0 saturated heterocycles. The van der Waals surface area contributed by atoms with Gasteiger partial charge in [0.2, 0.25) is 0 Å². The molecule has 8 nitrogen and oxygen atoms in total. The highest BCUT2D eigenvalue weighted by Crippen LogP contribution is 2.29. The Hall–Kier alpha value is -4.33. The molecule has 0 aliphatic rings. The molecule has 0 fully saturated rings. The van der Waals surface area contributed by atoms with Gasteiger partial charge in [-0.25, -0.2) is 14.4 Å². The zero-order valence-corrected chi connectivity index (χ0v) is 20.5. The van der Waals surface area contributed by atoms with Crippen LogP contribution in [0, 0.1) is 0 Å². The van der Waals surface area contributed by atoms with Crippen LogP contribution in [0.4, 0.5) is 0 Å². The molecule has 0 bridgehead atoms. The number of hydrogen-bond acceptors (Lipinski definition) is 8. The van der Waals surface area contributed by atoms with Crippen molar-refractivity contribution in [1.82, 2.24) is 0 Å². The fourth-order valence-corrected chi connectivity index (χ4v) is 2.75. The number of carbonyl (C=O) groups excluding carboxylic acids is 3. The molecule has 0 N–H and O–H groups in total. The van der Waals surface area contributed by atoms with E-state index in [-0.39, 0.29) is 12.4 Å². The summed E-state index contributed by atoms with van der Waals surface area (Å²) in [6, 6.07) is 11.4. The van der Waals surface area contributed by atoms with Gasteiger partial charge in [-0.2, -0.15) is 0 Å². The van der Waals surface area contributed by atoms with E-state index in [1.165, 1.54) is 19.3 Å². The van der Waals surface area contributed by atoms with E-state index in [9.17, 15) is 14.4 Å². The number of unbranched alkanes of at least 4 members (excludes halogenated alkanes) is 1. The second-order valence-electron chi connectivity index (χ2n) is 7.55. The van der Waals surface area contributed by atoms with Gasteiger partial charge in [0.1, 0.15) is 12.4 Å². The Morgan fingerprint density at radius 3 is 2.33 bits per heavy atom. The number of methoxy groups -OCH3 is 1. The number of benzene rings is 2.